The number of amides is 2. The van der Waals surface area contributed by atoms with Crippen LogP contribution in [0.15, 0.2) is 126 Å². The Morgan fingerprint density at radius 3 is 1.66 bits per heavy atom. The van der Waals surface area contributed by atoms with Gasteiger partial charge in [-0.1, -0.05) is 84.9 Å². The summed E-state index contributed by atoms with van der Waals surface area (Å²) < 4.78 is 27.7. The van der Waals surface area contributed by atoms with Crippen LogP contribution >= 0.6 is 7.60 Å². The minimum atomic E-state index is -4.41. The summed E-state index contributed by atoms with van der Waals surface area (Å²) in [5, 5.41) is -1.82. The Bertz CT molecular complexity index is 1500. The highest BCUT2D eigenvalue weighted by atomic mass is 31.2. The molecule has 1 saturated heterocycles. The number of hydrogen-bond acceptors (Lipinski definition) is 6. The van der Waals surface area contributed by atoms with E-state index in [0.717, 1.165) is 4.90 Å². The van der Waals surface area contributed by atoms with E-state index in [-0.39, 0.29) is 11.5 Å². The molecule has 2 aliphatic heterocycles. The predicted molar refractivity (Wildman–Crippen MR) is 144 cm³/mol. The summed E-state index contributed by atoms with van der Waals surface area (Å²) >= 11 is 0. The molecule has 188 valence electrons. The van der Waals surface area contributed by atoms with Gasteiger partial charge in [-0.15, -0.1) is 0 Å². The fourth-order valence-corrected chi connectivity index (χ4v) is 7.51. The largest absolute Gasteiger partial charge is 0.463 e. The van der Waals surface area contributed by atoms with E-state index in [1.165, 1.54) is 6.21 Å². The number of hydrogen-bond donors (Lipinski definition) is 0. The molecule has 2 heterocycles. The smallest absolute Gasteiger partial charge is 0.414 e. The number of carbonyl (C=O) groups is 2. The molecule has 0 saturated carbocycles. The lowest BCUT2D eigenvalue weighted by atomic mass is 9.87. The first-order chi connectivity index (χ1) is 18.5. The third-order valence-electron chi connectivity index (χ3n) is 6.78. The fraction of sp³-hybridized carbons (Fsp3) is 0.100. The first kappa shape index (κ1) is 23.9. The fourth-order valence-electron chi connectivity index (χ4n) is 5.11. The molecule has 6 rings (SSSR count). The maximum absolute atomic E-state index is 15.3. The molecule has 0 bridgehead atoms. The molecular formula is C30H23N2O5P. The van der Waals surface area contributed by atoms with Gasteiger partial charge in [-0.2, -0.15) is 0 Å². The molecule has 4 aromatic rings. The van der Waals surface area contributed by atoms with Gasteiger partial charge in [-0.05, 0) is 42.0 Å². The summed E-state index contributed by atoms with van der Waals surface area (Å²) in [5.74, 6) is -2.44. The summed E-state index contributed by atoms with van der Waals surface area (Å²) in [7, 11) is -4.41. The van der Waals surface area contributed by atoms with Gasteiger partial charge in [0.2, 0.25) is 17.1 Å². The van der Waals surface area contributed by atoms with Crippen LogP contribution in [-0.4, -0.2) is 18.0 Å². The number of nitrogens with zero attached hydrogens (tertiary/aromatic N) is 2. The van der Waals surface area contributed by atoms with Crippen LogP contribution in [-0.2, 0) is 19.4 Å². The lowest BCUT2D eigenvalue weighted by Crippen LogP contribution is -2.41. The van der Waals surface area contributed by atoms with Gasteiger partial charge in [-0.3, -0.25) is 14.6 Å². The summed E-state index contributed by atoms with van der Waals surface area (Å²) in [5.41, 5.74) is 0.894. The molecule has 38 heavy (non-hydrogen) atoms. The number of carbonyl (C=O) groups excluding carboxylic acids is 2. The Morgan fingerprint density at radius 1 is 0.658 bits per heavy atom. The maximum Gasteiger partial charge on any atom is 0.463 e. The Hall–Kier alpha value is -4.48. The van der Waals surface area contributed by atoms with Gasteiger partial charge in [0.1, 0.15) is 11.5 Å². The Kier molecular flexibility index (Phi) is 5.93. The molecule has 7 nitrogen and oxygen atoms in total. The number of fused-ring (bicyclic) bond motifs is 1. The van der Waals surface area contributed by atoms with Crippen LogP contribution in [0.3, 0.4) is 0 Å². The van der Waals surface area contributed by atoms with Crippen molar-refractivity contribution in [3.8, 4) is 11.5 Å². The Morgan fingerprint density at radius 2 is 1.13 bits per heavy atom. The van der Waals surface area contributed by atoms with E-state index in [0.29, 0.717) is 11.3 Å². The monoisotopic (exact) mass is 522 g/mol. The quantitative estimate of drug-likeness (QED) is 0.217. The minimum absolute atomic E-state index is 0.289. The average molecular weight is 522 g/mol. The van der Waals surface area contributed by atoms with Crippen molar-refractivity contribution < 1.29 is 23.2 Å². The Labute approximate surface area is 219 Å². The van der Waals surface area contributed by atoms with Crippen LogP contribution in [0, 0.1) is 11.8 Å². The van der Waals surface area contributed by atoms with Crippen LogP contribution in [0.1, 0.15) is 5.56 Å². The van der Waals surface area contributed by atoms with E-state index in [9.17, 15) is 9.59 Å². The lowest BCUT2D eigenvalue weighted by molar-refractivity contribution is -0.122. The highest BCUT2D eigenvalue weighted by Gasteiger charge is 2.71. The van der Waals surface area contributed by atoms with Gasteiger partial charge in [0.05, 0.1) is 17.5 Å². The van der Waals surface area contributed by atoms with Gasteiger partial charge in [0, 0.05) is 6.21 Å². The Balaban J connectivity index is 1.56. The number of benzene rings is 4. The molecule has 2 aliphatic rings. The molecule has 0 spiro atoms. The summed E-state index contributed by atoms with van der Waals surface area (Å²) in [6.45, 7) is 0. The number of imide groups is 1. The molecule has 8 heteroatoms. The van der Waals surface area contributed by atoms with Crippen molar-refractivity contribution in [2.45, 2.75) is 5.28 Å². The van der Waals surface area contributed by atoms with E-state index in [1.54, 1.807) is 103 Å². The molecular weight excluding hydrogens is 499 g/mol. The first-order valence-corrected chi connectivity index (χ1v) is 13.7. The zero-order valence-electron chi connectivity index (χ0n) is 20.2. The van der Waals surface area contributed by atoms with E-state index < -0.39 is 36.5 Å². The standard InChI is InChI=1S/C30H23N2O5P/c33-28-26-21-31-30(22-13-5-1-6-14-22,27(26)29(34)32(28)23-15-7-2-8-16-23)38(35,36-24-17-9-3-10-18-24)37-25-19-11-4-12-20-25/h1-21,26-27H. The summed E-state index contributed by atoms with van der Waals surface area (Å²) in [4.78, 5) is 33.6. The molecule has 0 aliphatic carbocycles. The van der Waals surface area contributed by atoms with Crippen molar-refractivity contribution in [1.82, 2.24) is 0 Å². The normalized spacial score (nSPS) is 22.4. The highest BCUT2D eigenvalue weighted by molar-refractivity contribution is 7.56. The van der Waals surface area contributed by atoms with E-state index >= 15 is 4.57 Å². The van der Waals surface area contributed by atoms with Crippen LogP contribution in [0.2, 0.25) is 0 Å². The van der Waals surface area contributed by atoms with Gasteiger partial charge in [0.15, 0.2) is 0 Å². The van der Waals surface area contributed by atoms with Crippen molar-refractivity contribution >= 4 is 31.3 Å². The molecule has 0 N–H and O–H groups in total. The van der Waals surface area contributed by atoms with Gasteiger partial charge < -0.3 is 9.05 Å². The van der Waals surface area contributed by atoms with E-state index in [1.807, 2.05) is 18.2 Å². The highest BCUT2D eigenvalue weighted by Crippen LogP contribution is 2.71. The van der Waals surface area contributed by atoms with Crippen molar-refractivity contribution in [2.24, 2.45) is 16.8 Å². The number of rotatable bonds is 7. The minimum Gasteiger partial charge on any atom is -0.414 e. The number of para-hydroxylation sites is 3. The zero-order valence-corrected chi connectivity index (χ0v) is 21.1. The van der Waals surface area contributed by atoms with Crippen LogP contribution < -0.4 is 13.9 Å². The summed E-state index contributed by atoms with van der Waals surface area (Å²) in [6, 6.07) is 34.8. The second-order valence-corrected chi connectivity index (χ2v) is 11.1. The van der Waals surface area contributed by atoms with Crippen molar-refractivity contribution in [1.29, 1.82) is 0 Å². The maximum atomic E-state index is 15.3. The van der Waals surface area contributed by atoms with E-state index in [2.05, 4.69) is 0 Å². The summed E-state index contributed by atoms with van der Waals surface area (Å²) in [6.07, 6.45) is 1.43. The second kappa shape index (κ2) is 9.43. The van der Waals surface area contributed by atoms with Crippen LogP contribution in [0.5, 0.6) is 11.5 Å². The van der Waals surface area contributed by atoms with Crippen molar-refractivity contribution in [2.75, 3.05) is 4.90 Å². The third-order valence-corrected chi connectivity index (χ3v) is 9.17. The van der Waals surface area contributed by atoms with Gasteiger partial charge >= 0.3 is 7.60 Å². The third kappa shape index (κ3) is 3.75. The molecule has 3 atom stereocenters. The molecule has 3 unspecified atom stereocenters. The van der Waals surface area contributed by atoms with Crippen molar-refractivity contribution in [3.63, 3.8) is 0 Å². The van der Waals surface area contributed by atoms with Crippen LogP contribution in [0.25, 0.3) is 0 Å². The molecule has 0 radical (unpaired) electrons. The second-order valence-electron chi connectivity index (χ2n) is 9.03. The lowest BCUT2D eigenvalue weighted by Gasteiger charge is -2.37. The molecule has 4 aromatic carbocycles. The molecule has 2 amide bonds. The number of anilines is 1. The predicted octanol–water partition coefficient (Wildman–Crippen LogP) is 6.08. The SMILES string of the molecule is O=C1C2C=NC(c3ccccc3)(P(=O)(Oc3ccccc3)Oc3ccccc3)C2C(=O)N1c1ccccc1. The number of aliphatic imine (C=N–C) groups is 1. The topological polar surface area (TPSA) is 85.3 Å². The zero-order chi connectivity index (χ0) is 26.2. The molecule has 0 aromatic heterocycles. The van der Waals surface area contributed by atoms with E-state index in [4.69, 9.17) is 14.0 Å². The van der Waals surface area contributed by atoms with Gasteiger partial charge in [-0.25, -0.2) is 9.46 Å². The van der Waals surface area contributed by atoms with Crippen LogP contribution in [0.4, 0.5) is 5.69 Å². The van der Waals surface area contributed by atoms with Crippen molar-refractivity contribution in [3.05, 3.63) is 127 Å². The van der Waals surface area contributed by atoms with Gasteiger partial charge in [0.25, 0.3) is 0 Å². The molecule has 1 fully saturated rings. The first-order valence-electron chi connectivity index (χ1n) is 12.2. The average Bonchev–Trinajstić information content (AvgIpc) is 3.48.